The zero-order valence-electron chi connectivity index (χ0n) is 39.4. The molecule has 4 aliphatic rings. The van der Waals surface area contributed by atoms with Gasteiger partial charge in [0.2, 0.25) is 11.8 Å². The van der Waals surface area contributed by atoms with Crippen LogP contribution in [0.2, 0.25) is 0 Å². The Hall–Kier alpha value is -5.15. The summed E-state index contributed by atoms with van der Waals surface area (Å²) >= 11 is 0. The summed E-state index contributed by atoms with van der Waals surface area (Å²) in [6, 6.07) is 16.6. The highest BCUT2D eigenvalue weighted by molar-refractivity contribution is 5.96. The molecule has 0 spiro atoms. The van der Waals surface area contributed by atoms with Crippen LogP contribution in [-0.4, -0.2) is 126 Å². The molecule has 4 aromatic rings. The van der Waals surface area contributed by atoms with E-state index in [2.05, 4.69) is 77.4 Å². The number of rotatable bonds is 10. The van der Waals surface area contributed by atoms with Gasteiger partial charge in [0.25, 0.3) is 5.91 Å². The zero-order valence-corrected chi connectivity index (χ0v) is 39.4. The van der Waals surface area contributed by atoms with Gasteiger partial charge in [0, 0.05) is 68.3 Å². The molecule has 8 rings (SSSR count). The van der Waals surface area contributed by atoms with Crippen molar-refractivity contribution in [3.8, 4) is 22.4 Å². The number of nitrogens with one attached hydrogen (secondary N) is 2. The van der Waals surface area contributed by atoms with E-state index in [0.717, 1.165) is 63.1 Å². The van der Waals surface area contributed by atoms with E-state index in [1.807, 2.05) is 39.0 Å². The van der Waals surface area contributed by atoms with Crippen molar-refractivity contribution >= 4 is 34.6 Å². The third kappa shape index (κ3) is 9.59. The minimum Gasteiger partial charge on any atom is -0.464 e. The van der Waals surface area contributed by atoms with Crippen LogP contribution in [0.15, 0.2) is 60.8 Å². The van der Waals surface area contributed by atoms with Crippen molar-refractivity contribution in [3.05, 3.63) is 77.6 Å². The molecule has 14 heteroatoms. The van der Waals surface area contributed by atoms with E-state index in [-0.39, 0.29) is 42.8 Å². The van der Waals surface area contributed by atoms with Crippen LogP contribution < -0.4 is 10.7 Å². The SMILES string of the molecule is CCn1c(-c2cccnc2[C@H](C)OC)c2c3cc(ccc31)-c1cccc(c1)C[C@H](NC(=O)C(C(C)C)N(C)C(=O)[C@H]1CCN(C3COC3)C1)C(=O)N1CCC[C@H](N1)C(=O)OCC(C)(C)C2. The highest BCUT2D eigenvalue weighted by Crippen LogP contribution is 2.42. The number of amides is 3. The van der Waals surface area contributed by atoms with Crippen LogP contribution in [-0.2, 0) is 52.8 Å². The highest BCUT2D eigenvalue weighted by atomic mass is 16.5. The molecule has 6 heterocycles. The molecule has 6 bridgehead atoms. The number of methoxy groups -OCH3 is 1. The van der Waals surface area contributed by atoms with Gasteiger partial charge in [-0.2, -0.15) is 0 Å². The predicted molar refractivity (Wildman–Crippen MR) is 249 cm³/mol. The van der Waals surface area contributed by atoms with Gasteiger partial charge in [0.15, 0.2) is 0 Å². The van der Waals surface area contributed by atoms with Crippen LogP contribution in [0.25, 0.3) is 33.3 Å². The first-order valence-corrected chi connectivity index (χ1v) is 23.5. The lowest BCUT2D eigenvalue weighted by Gasteiger charge is -2.37. The molecular formula is C51H67N7O7. The van der Waals surface area contributed by atoms with Crippen LogP contribution in [0.4, 0.5) is 0 Å². The number of carbonyl (C=O) groups is 4. The van der Waals surface area contributed by atoms with Crippen LogP contribution in [0.3, 0.4) is 0 Å². The van der Waals surface area contributed by atoms with Crippen molar-refractivity contribution in [1.82, 2.24) is 35.1 Å². The molecule has 4 aliphatic heterocycles. The number of carbonyl (C=O) groups excluding carboxylic acids is 4. The molecule has 5 atom stereocenters. The van der Waals surface area contributed by atoms with E-state index < -0.39 is 35.4 Å². The van der Waals surface area contributed by atoms with Gasteiger partial charge in [-0.1, -0.05) is 58.0 Å². The second kappa shape index (κ2) is 19.4. The van der Waals surface area contributed by atoms with Crippen LogP contribution >= 0.6 is 0 Å². The molecule has 14 nitrogen and oxygen atoms in total. The van der Waals surface area contributed by atoms with Crippen LogP contribution in [0.1, 0.15) is 83.7 Å². The van der Waals surface area contributed by atoms with E-state index in [9.17, 15) is 19.2 Å². The number of cyclic esters (lactones) is 1. The first-order chi connectivity index (χ1) is 31.2. The fourth-order valence-electron chi connectivity index (χ4n) is 10.3. The van der Waals surface area contributed by atoms with Crippen molar-refractivity contribution in [2.45, 2.75) is 110 Å². The maximum absolute atomic E-state index is 14.7. The molecule has 3 amide bonds. The first-order valence-electron chi connectivity index (χ1n) is 23.5. The number of benzene rings is 2. The van der Waals surface area contributed by atoms with Gasteiger partial charge in [0.1, 0.15) is 18.1 Å². The summed E-state index contributed by atoms with van der Waals surface area (Å²) in [5, 5.41) is 5.69. The van der Waals surface area contributed by atoms with Crippen molar-refractivity contribution in [2.24, 2.45) is 17.3 Å². The number of pyridine rings is 1. The molecule has 0 radical (unpaired) electrons. The first kappa shape index (κ1) is 46.4. The molecule has 3 saturated heterocycles. The van der Waals surface area contributed by atoms with E-state index in [0.29, 0.717) is 58.2 Å². The number of hydrazine groups is 1. The van der Waals surface area contributed by atoms with E-state index >= 15 is 0 Å². The van der Waals surface area contributed by atoms with Gasteiger partial charge in [-0.3, -0.25) is 34.1 Å². The molecule has 0 saturated carbocycles. The Balaban J connectivity index is 1.17. The number of likely N-dealkylation sites (tertiary alicyclic amines) is 1. The molecular weight excluding hydrogens is 823 g/mol. The Labute approximate surface area is 383 Å². The number of nitrogens with zero attached hydrogens (tertiary/aromatic N) is 5. The largest absolute Gasteiger partial charge is 0.464 e. The molecule has 3 fully saturated rings. The number of hydrogen-bond acceptors (Lipinski definition) is 10. The summed E-state index contributed by atoms with van der Waals surface area (Å²) in [4.78, 5) is 65.9. The van der Waals surface area contributed by atoms with Gasteiger partial charge in [-0.05, 0) is 98.5 Å². The average molecular weight is 890 g/mol. The number of esters is 1. The third-order valence-electron chi connectivity index (χ3n) is 14.0. The Morgan fingerprint density at radius 2 is 1.82 bits per heavy atom. The van der Waals surface area contributed by atoms with Gasteiger partial charge >= 0.3 is 5.97 Å². The molecule has 1 unspecified atom stereocenters. The maximum Gasteiger partial charge on any atom is 0.324 e. The predicted octanol–water partition coefficient (Wildman–Crippen LogP) is 5.95. The summed E-state index contributed by atoms with van der Waals surface area (Å²) in [6.45, 7) is 16.3. The molecule has 2 aromatic carbocycles. The Bertz CT molecular complexity index is 2410. The molecule has 2 N–H and O–H groups in total. The maximum atomic E-state index is 14.7. The average Bonchev–Trinajstić information content (AvgIpc) is 3.88. The quantitative estimate of drug-likeness (QED) is 0.183. The monoisotopic (exact) mass is 890 g/mol. The van der Waals surface area contributed by atoms with Crippen molar-refractivity contribution in [3.63, 3.8) is 0 Å². The summed E-state index contributed by atoms with van der Waals surface area (Å²) in [5.74, 6) is -1.70. The summed E-state index contributed by atoms with van der Waals surface area (Å²) in [6.07, 6.45) is 4.15. The highest BCUT2D eigenvalue weighted by Gasteiger charge is 2.41. The number of aromatic nitrogens is 2. The number of hydrogen-bond donors (Lipinski definition) is 2. The van der Waals surface area contributed by atoms with Crippen LogP contribution in [0, 0.1) is 17.3 Å². The lowest BCUT2D eigenvalue weighted by Crippen LogP contribution is -2.62. The number of fused-ring (bicyclic) bond motifs is 6. The number of likely N-dealkylation sites (N-methyl/N-ethyl adjacent to an activating group) is 1. The Morgan fingerprint density at radius 1 is 1.03 bits per heavy atom. The molecule has 2 aromatic heterocycles. The lowest BCUT2D eigenvalue weighted by molar-refractivity contribution is -0.155. The minimum absolute atomic E-state index is 0.0699. The van der Waals surface area contributed by atoms with Gasteiger partial charge < -0.3 is 29.0 Å². The fraction of sp³-hybridized carbons (Fsp3) is 0.549. The van der Waals surface area contributed by atoms with E-state index in [4.69, 9.17) is 19.2 Å². The fourth-order valence-corrected chi connectivity index (χ4v) is 10.3. The number of ether oxygens (including phenoxy) is 3. The summed E-state index contributed by atoms with van der Waals surface area (Å²) in [7, 11) is 3.40. The van der Waals surface area contributed by atoms with E-state index in [1.54, 1.807) is 25.3 Å². The van der Waals surface area contributed by atoms with Gasteiger partial charge in [-0.15, -0.1) is 0 Å². The van der Waals surface area contributed by atoms with E-state index in [1.165, 1.54) is 5.01 Å². The molecule has 0 aliphatic carbocycles. The molecule has 348 valence electrons. The minimum atomic E-state index is -0.999. The number of aryl methyl sites for hydroxylation is 1. The summed E-state index contributed by atoms with van der Waals surface area (Å²) in [5.41, 5.74) is 10.7. The topological polar surface area (TPSA) is 148 Å². The van der Waals surface area contributed by atoms with Crippen molar-refractivity contribution < 1.29 is 33.4 Å². The van der Waals surface area contributed by atoms with Gasteiger partial charge in [0.05, 0.1) is 49.3 Å². The normalized spacial score (nSPS) is 22.8. The zero-order chi connectivity index (χ0) is 46.2. The van der Waals surface area contributed by atoms with Gasteiger partial charge in [-0.25, -0.2) is 5.43 Å². The van der Waals surface area contributed by atoms with Crippen molar-refractivity contribution in [1.29, 1.82) is 0 Å². The smallest absolute Gasteiger partial charge is 0.324 e. The van der Waals surface area contributed by atoms with Crippen molar-refractivity contribution in [2.75, 3.05) is 53.6 Å². The molecule has 65 heavy (non-hydrogen) atoms. The Kier molecular flexibility index (Phi) is 13.8. The summed E-state index contributed by atoms with van der Waals surface area (Å²) < 4.78 is 19.7. The Morgan fingerprint density at radius 3 is 2.54 bits per heavy atom. The second-order valence-corrected chi connectivity index (χ2v) is 19.7. The third-order valence-corrected chi connectivity index (χ3v) is 14.0. The lowest BCUT2D eigenvalue weighted by atomic mass is 9.84. The van der Waals surface area contributed by atoms with Crippen LogP contribution in [0.5, 0.6) is 0 Å². The standard InChI is InChI=1S/C51H67N7O7/c1-9-57-43-18-17-35-25-39(43)40(46(57)38-15-11-20-52-44(38)32(4)63-8)26-51(5,6)30-65-50(62)41-16-12-21-58(54-41)49(61)42(24-33-13-10-14-34(35)23-33)53-47(59)45(31(2)3)55(7)48(60)36-19-22-56(27-36)37-28-64-29-37/h10-11,13-15,17-18,20,23,25,31-32,36-37,41-42,45,54H,9,12,16,19,21-22,24,26-30H2,1-8H3,(H,53,59)/t32-,36-,41-,42-,45?/m0/s1. The second-order valence-electron chi connectivity index (χ2n) is 19.7.